The largest absolute Gasteiger partial charge is 0.448 e. The third-order valence-electron chi connectivity index (χ3n) is 9.48. The summed E-state index contributed by atoms with van der Waals surface area (Å²) in [5.74, 6) is -1.67. The maximum Gasteiger partial charge on any atom is 0.408 e. The van der Waals surface area contributed by atoms with Gasteiger partial charge in [0.15, 0.2) is 0 Å². The van der Waals surface area contributed by atoms with Gasteiger partial charge in [0.1, 0.15) is 25.3 Å². The Kier molecular flexibility index (Phi) is 17.4. The molecule has 1 fully saturated rings. The Morgan fingerprint density at radius 1 is 0.636 bits per heavy atom. The number of carbonyl (C=O) groups is 4. The second-order valence-corrected chi connectivity index (χ2v) is 14.5. The minimum Gasteiger partial charge on any atom is -0.448 e. The van der Waals surface area contributed by atoms with Crippen molar-refractivity contribution in [1.29, 1.82) is 0 Å². The van der Waals surface area contributed by atoms with Gasteiger partial charge < -0.3 is 40.6 Å². The van der Waals surface area contributed by atoms with E-state index in [4.69, 9.17) is 14.2 Å². The summed E-state index contributed by atoms with van der Waals surface area (Å²) in [6.45, 7) is 10.7. The van der Waals surface area contributed by atoms with Crippen molar-refractivity contribution in [2.24, 2.45) is 11.8 Å². The van der Waals surface area contributed by atoms with Crippen LogP contribution in [0, 0.1) is 11.8 Å². The Morgan fingerprint density at radius 2 is 1.05 bits per heavy atom. The van der Waals surface area contributed by atoms with E-state index in [0.717, 1.165) is 29.8 Å². The van der Waals surface area contributed by atoms with Crippen molar-refractivity contribution in [3.05, 3.63) is 108 Å². The topological polar surface area (TPSA) is 168 Å². The number of aliphatic hydroxyl groups excluding tert-OH is 1. The molecular weight excluding hydrogens is 702 g/mol. The van der Waals surface area contributed by atoms with E-state index in [1.54, 1.807) is 13.8 Å². The molecule has 3 aromatic rings. The zero-order valence-corrected chi connectivity index (χ0v) is 32.3. The number of ether oxygens (including phenoxy) is 3. The van der Waals surface area contributed by atoms with Crippen LogP contribution in [0.5, 0.6) is 0 Å². The van der Waals surface area contributed by atoms with Crippen LogP contribution >= 0.6 is 0 Å². The molecule has 0 aromatic heterocycles. The van der Waals surface area contributed by atoms with Crippen LogP contribution in [-0.2, 0) is 43.2 Å². The fraction of sp³-hybridized carbons (Fsp3) is 0.476. The number of rotatable bonds is 19. The van der Waals surface area contributed by atoms with Crippen LogP contribution < -0.4 is 21.3 Å². The van der Waals surface area contributed by atoms with Gasteiger partial charge in [-0.15, -0.1) is 0 Å². The first-order valence-electron chi connectivity index (χ1n) is 19.1. The summed E-state index contributed by atoms with van der Waals surface area (Å²) in [6, 6.07) is 24.2. The molecule has 1 aliphatic heterocycles. The first kappa shape index (κ1) is 42.8. The molecule has 5 N–H and O–H groups in total. The number of nitrogens with one attached hydrogen (secondary N) is 4. The van der Waals surface area contributed by atoms with Crippen molar-refractivity contribution in [1.82, 2.24) is 26.2 Å². The lowest BCUT2D eigenvalue weighted by Crippen LogP contribution is -2.61. The van der Waals surface area contributed by atoms with Crippen molar-refractivity contribution in [2.75, 3.05) is 39.5 Å². The quantitative estimate of drug-likeness (QED) is 0.122. The molecule has 298 valence electrons. The number of carbonyl (C=O) groups excluding carboxylic acids is 4. The molecule has 0 spiro atoms. The lowest BCUT2D eigenvalue weighted by atomic mass is 9.91. The molecule has 4 amide bonds. The Labute approximate surface area is 324 Å². The van der Waals surface area contributed by atoms with Crippen LogP contribution in [0.15, 0.2) is 91.0 Å². The summed E-state index contributed by atoms with van der Waals surface area (Å²) in [7, 11) is 0. The van der Waals surface area contributed by atoms with E-state index in [9.17, 15) is 24.3 Å². The SMILES string of the molecule is CC(C)[C@H](NC(=O)OCCN1CCOCC1)C(=O)N[C@@H](Cc1ccccc1)[C@@H](O)[C@H](Cc1ccccc1)NC(=O)[C@H](NC(=O)OCc1ccccc1)C(C)C. The number of morpholine rings is 1. The normalized spacial score (nSPS) is 15.9. The van der Waals surface area contributed by atoms with E-state index in [0.29, 0.717) is 19.8 Å². The Morgan fingerprint density at radius 3 is 1.49 bits per heavy atom. The third kappa shape index (κ3) is 14.6. The molecule has 13 heteroatoms. The third-order valence-corrected chi connectivity index (χ3v) is 9.48. The van der Waals surface area contributed by atoms with Crippen LogP contribution in [0.3, 0.4) is 0 Å². The summed E-state index contributed by atoms with van der Waals surface area (Å²) in [4.78, 5) is 55.8. The van der Waals surface area contributed by atoms with Gasteiger partial charge in [-0.25, -0.2) is 9.59 Å². The highest BCUT2D eigenvalue weighted by molar-refractivity contribution is 5.87. The number of hydrogen-bond donors (Lipinski definition) is 5. The van der Waals surface area contributed by atoms with E-state index < -0.39 is 54.3 Å². The maximum absolute atomic E-state index is 14.0. The molecule has 1 aliphatic rings. The lowest BCUT2D eigenvalue weighted by molar-refractivity contribution is -0.126. The smallest absolute Gasteiger partial charge is 0.408 e. The van der Waals surface area contributed by atoms with Gasteiger partial charge in [0.2, 0.25) is 11.8 Å². The zero-order chi connectivity index (χ0) is 39.6. The van der Waals surface area contributed by atoms with Crippen molar-refractivity contribution < 1.29 is 38.5 Å². The molecule has 0 saturated carbocycles. The molecule has 13 nitrogen and oxygen atoms in total. The molecule has 1 saturated heterocycles. The molecule has 55 heavy (non-hydrogen) atoms. The van der Waals surface area contributed by atoms with Gasteiger partial charge in [-0.3, -0.25) is 14.5 Å². The van der Waals surface area contributed by atoms with E-state index >= 15 is 0 Å². The van der Waals surface area contributed by atoms with Crippen molar-refractivity contribution >= 4 is 24.0 Å². The summed E-state index contributed by atoms with van der Waals surface area (Å²) >= 11 is 0. The molecule has 3 aromatic carbocycles. The number of nitrogens with zero attached hydrogens (tertiary/aromatic N) is 1. The summed E-state index contributed by atoms with van der Waals surface area (Å²) in [5, 5.41) is 23.6. The second-order valence-electron chi connectivity index (χ2n) is 14.5. The lowest BCUT2D eigenvalue weighted by Gasteiger charge is -2.34. The second kappa shape index (κ2) is 22.4. The van der Waals surface area contributed by atoms with E-state index in [2.05, 4.69) is 26.2 Å². The predicted molar refractivity (Wildman–Crippen MR) is 209 cm³/mol. The monoisotopic (exact) mass is 759 g/mol. The van der Waals surface area contributed by atoms with Gasteiger partial charge >= 0.3 is 12.2 Å². The van der Waals surface area contributed by atoms with Crippen LogP contribution in [0.25, 0.3) is 0 Å². The minimum absolute atomic E-state index is 0.0354. The zero-order valence-electron chi connectivity index (χ0n) is 32.3. The van der Waals surface area contributed by atoms with Gasteiger partial charge in [0.05, 0.1) is 31.4 Å². The number of amides is 4. The number of alkyl carbamates (subject to hydrolysis) is 2. The van der Waals surface area contributed by atoms with Crippen LogP contribution in [-0.4, -0.2) is 104 Å². The molecule has 0 unspecified atom stereocenters. The Balaban J connectivity index is 1.50. The average Bonchev–Trinajstić information content (AvgIpc) is 3.18. The van der Waals surface area contributed by atoms with Gasteiger partial charge in [-0.1, -0.05) is 119 Å². The molecule has 0 aliphatic carbocycles. The first-order chi connectivity index (χ1) is 26.5. The fourth-order valence-corrected chi connectivity index (χ4v) is 6.30. The molecule has 4 rings (SSSR count). The van der Waals surface area contributed by atoms with Crippen LogP contribution in [0.4, 0.5) is 9.59 Å². The Hall–Kier alpha value is -4.98. The molecule has 0 radical (unpaired) electrons. The Bertz CT molecular complexity index is 1610. The van der Waals surface area contributed by atoms with Gasteiger partial charge in [0, 0.05) is 19.6 Å². The van der Waals surface area contributed by atoms with Crippen LogP contribution in [0.1, 0.15) is 44.4 Å². The number of hydrogen-bond acceptors (Lipinski definition) is 9. The standard InChI is InChI=1S/C42H57N5O8/c1-29(2)36(45-41(51)54-25-22-47-20-23-53-24-21-47)39(49)43-34(26-31-14-8-5-9-15-31)38(48)35(27-32-16-10-6-11-17-32)44-40(50)37(30(3)4)46-42(52)55-28-33-18-12-7-13-19-33/h5-19,29-30,34-38,48H,20-28H2,1-4H3,(H,43,49)(H,44,50)(H,45,51)(H,46,52)/t34-,35-,36-,37+,38+/m0/s1. The van der Waals surface area contributed by atoms with Crippen molar-refractivity contribution in [3.8, 4) is 0 Å². The minimum atomic E-state index is -1.31. The highest BCUT2D eigenvalue weighted by atomic mass is 16.6. The highest BCUT2D eigenvalue weighted by Gasteiger charge is 2.36. The van der Waals surface area contributed by atoms with Gasteiger partial charge in [-0.2, -0.15) is 0 Å². The number of aliphatic hydroxyl groups is 1. The van der Waals surface area contributed by atoms with Gasteiger partial charge in [-0.05, 0) is 41.4 Å². The molecule has 0 bridgehead atoms. The predicted octanol–water partition coefficient (Wildman–Crippen LogP) is 3.84. The fourth-order valence-electron chi connectivity index (χ4n) is 6.30. The summed E-state index contributed by atoms with van der Waals surface area (Å²) in [6.07, 6.45) is -2.33. The first-order valence-corrected chi connectivity index (χ1v) is 19.1. The molecular formula is C42H57N5O8. The van der Waals surface area contributed by atoms with E-state index in [1.165, 1.54) is 0 Å². The highest BCUT2D eigenvalue weighted by Crippen LogP contribution is 2.16. The van der Waals surface area contributed by atoms with Crippen molar-refractivity contribution in [2.45, 2.75) is 77.4 Å². The maximum atomic E-state index is 14.0. The molecule has 1 heterocycles. The van der Waals surface area contributed by atoms with E-state index in [-0.39, 0.29) is 37.9 Å². The average molecular weight is 760 g/mol. The van der Waals surface area contributed by atoms with E-state index in [1.807, 2.05) is 105 Å². The summed E-state index contributed by atoms with van der Waals surface area (Å²) < 4.78 is 16.2. The van der Waals surface area contributed by atoms with Gasteiger partial charge in [0.25, 0.3) is 0 Å². The molecule has 5 atom stereocenters. The summed E-state index contributed by atoms with van der Waals surface area (Å²) in [5.41, 5.74) is 2.49. The van der Waals surface area contributed by atoms with Crippen LogP contribution in [0.2, 0.25) is 0 Å². The number of benzene rings is 3. The van der Waals surface area contributed by atoms with Crippen molar-refractivity contribution in [3.63, 3.8) is 0 Å².